The molecular weight excluding hydrogens is 288 g/mol. The van der Waals surface area contributed by atoms with Gasteiger partial charge in [-0.15, -0.1) is 0 Å². The Kier molecular flexibility index (Phi) is 5.68. The van der Waals surface area contributed by atoms with Crippen molar-refractivity contribution in [1.29, 1.82) is 0 Å². The van der Waals surface area contributed by atoms with Gasteiger partial charge in [0, 0.05) is 19.1 Å². The third kappa shape index (κ3) is 5.51. The van der Waals surface area contributed by atoms with E-state index in [1.165, 1.54) is 19.1 Å². The molecule has 5 nitrogen and oxygen atoms in total. The highest BCUT2D eigenvalue weighted by Gasteiger charge is 2.33. The summed E-state index contributed by atoms with van der Waals surface area (Å²) in [6.45, 7) is 4.14. The van der Waals surface area contributed by atoms with Crippen molar-refractivity contribution in [3.8, 4) is 0 Å². The molecule has 0 saturated carbocycles. The molecule has 0 aromatic carbocycles. The lowest BCUT2D eigenvalue weighted by Gasteiger charge is -2.37. The summed E-state index contributed by atoms with van der Waals surface area (Å²) in [5.74, 6) is 0.270. The summed E-state index contributed by atoms with van der Waals surface area (Å²) in [7, 11) is -3.10. The van der Waals surface area contributed by atoms with Crippen molar-refractivity contribution in [1.82, 2.24) is 9.62 Å². The number of rotatable bonds is 5. The fourth-order valence-corrected chi connectivity index (χ4v) is 4.77. The van der Waals surface area contributed by atoms with E-state index in [2.05, 4.69) is 5.32 Å². The first kappa shape index (κ1) is 17.2. The molecule has 2 aliphatic heterocycles. The van der Waals surface area contributed by atoms with E-state index in [0.29, 0.717) is 25.6 Å². The van der Waals surface area contributed by atoms with E-state index in [4.69, 9.17) is 0 Å². The maximum atomic E-state index is 11.7. The maximum absolute atomic E-state index is 11.7. The van der Waals surface area contributed by atoms with Crippen molar-refractivity contribution in [2.75, 3.05) is 25.9 Å². The van der Waals surface area contributed by atoms with Crippen LogP contribution in [-0.4, -0.2) is 55.4 Å². The molecule has 3 atom stereocenters. The van der Waals surface area contributed by atoms with Gasteiger partial charge < -0.3 is 10.4 Å². The molecule has 6 heteroatoms. The van der Waals surface area contributed by atoms with E-state index in [1.807, 2.05) is 6.92 Å². The van der Waals surface area contributed by atoms with Crippen LogP contribution in [0.2, 0.25) is 0 Å². The standard InChI is InChI=1S/C15H30N2O3S/c1-15(18,11-14-7-3-4-8-16-14)10-13-6-5-9-17(12-13)21(2,19)20/h13-14,16,18H,3-12H2,1-2H3. The van der Waals surface area contributed by atoms with Gasteiger partial charge in [-0.25, -0.2) is 12.7 Å². The Labute approximate surface area is 129 Å². The molecule has 0 aliphatic carbocycles. The molecule has 2 rings (SSSR count). The highest BCUT2D eigenvalue weighted by atomic mass is 32.2. The summed E-state index contributed by atoms with van der Waals surface area (Å²) in [6, 6.07) is 0.406. The van der Waals surface area contributed by atoms with Gasteiger partial charge in [-0.2, -0.15) is 0 Å². The zero-order valence-electron chi connectivity index (χ0n) is 13.3. The van der Waals surface area contributed by atoms with Crippen LogP contribution in [0.5, 0.6) is 0 Å². The lowest BCUT2D eigenvalue weighted by atomic mass is 9.82. The van der Waals surface area contributed by atoms with Gasteiger partial charge in [-0.05, 0) is 57.9 Å². The van der Waals surface area contributed by atoms with E-state index >= 15 is 0 Å². The first-order valence-corrected chi connectivity index (χ1v) is 10.0. The lowest BCUT2D eigenvalue weighted by Crippen LogP contribution is -2.45. The third-order valence-corrected chi connectivity index (χ3v) is 6.05. The number of piperidine rings is 2. The van der Waals surface area contributed by atoms with Crippen LogP contribution in [0.1, 0.15) is 51.9 Å². The molecule has 0 aromatic heterocycles. The van der Waals surface area contributed by atoms with Crippen molar-refractivity contribution in [2.24, 2.45) is 5.92 Å². The van der Waals surface area contributed by atoms with E-state index < -0.39 is 15.6 Å². The van der Waals surface area contributed by atoms with Crippen LogP contribution in [0.25, 0.3) is 0 Å². The molecule has 2 fully saturated rings. The zero-order valence-corrected chi connectivity index (χ0v) is 14.2. The number of nitrogens with one attached hydrogen (secondary N) is 1. The molecule has 3 unspecified atom stereocenters. The minimum atomic E-state index is -3.10. The average Bonchev–Trinajstić information content (AvgIpc) is 2.38. The van der Waals surface area contributed by atoms with Crippen molar-refractivity contribution < 1.29 is 13.5 Å². The predicted octanol–water partition coefficient (Wildman–Crippen LogP) is 1.33. The predicted molar refractivity (Wildman–Crippen MR) is 84.6 cm³/mol. The highest BCUT2D eigenvalue weighted by Crippen LogP contribution is 2.30. The van der Waals surface area contributed by atoms with E-state index in [1.54, 1.807) is 4.31 Å². The summed E-state index contributed by atoms with van der Waals surface area (Å²) in [6.07, 6.45) is 8.24. The van der Waals surface area contributed by atoms with E-state index in [0.717, 1.165) is 32.2 Å². The quantitative estimate of drug-likeness (QED) is 0.802. The van der Waals surface area contributed by atoms with Crippen LogP contribution < -0.4 is 5.32 Å². The number of hydrogen-bond donors (Lipinski definition) is 2. The Morgan fingerprint density at radius 1 is 1.24 bits per heavy atom. The summed E-state index contributed by atoms with van der Waals surface area (Å²) in [5, 5.41) is 14.2. The second-order valence-electron chi connectivity index (χ2n) is 7.18. The Morgan fingerprint density at radius 3 is 2.62 bits per heavy atom. The fourth-order valence-electron chi connectivity index (χ4n) is 3.83. The topological polar surface area (TPSA) is 69.6 Å². The second-order valence-corrected chi connectivity index (χ2v) is 9.16. The molecule has 2 N–H and O–H groups in total. The Balaban J connectivity index is 1.86. The van der Waals surface area contributed by atoms with Crippen LogP contribution >= 0.6 is 0 Å². The number of nitrogens with zero attached hydrogens (tertiary/aromatic N) is 1. The first-order chi connectivity index (χ1) is 9.76. The lowest BCUT2D eigenvalue weighted by molar-refractivity contribution is 0.00608. The number of hydrogen-bond acceptors (Lipinski definition) is 4. The molecule has 0 amide bonds. The third-order valence-electron chi connectivity index (χ3n) is 4.78. The Hall–Kier alpha value is -0.170. The van der Waals surface area contributed by atoms with Gasteiger partial charge in [-0.3, -0.25) is 0 Å². The normalized spacial score (nSPS) is 31.8. The maximum Gasteiger partial charge on any atom is 0.211 e. The van der Waals surface area contributed by atoms with Crippen molar-refractivity contribution in [2.45, 2.75) is 63.5 Å². The molecule has 2 heterocycles. The zero-order chi connectivity index (χ0) is 15.5. The van der Waals surface area contributed by atoms with Crippen molar-refractivity contribution in [3.63, 3.8) is 0 Å². The van der Waals surface area contributed by atoms with Gasteiger partial charge in [0.2, 0.25) is 10.0 Å². The van der Waals surface area contributed by atoms with Crippen LogP contribution in [0, 0.1) is 5.92 Å². The smallest absolute Gasteiger partial charge is 0.211 e. The Morgan fingerprint density at radius 2 is 2.00 bits per heavy atom. The molecule has 2 aliphatic rings. The molecule has 0 aromatic rings. The monoisotopic (exact) mass is 318 g/mol. The molecular formula is C15H30N2O3S. The van der Waals surface area contributed by atoms with Crippen LogP contribution in [0.3, 0.4) is 0 Å². The summed E-state index contributed by atoms with van der Waals surface area (Å²) < 4.78 is 24.9. The molecule has 124 valence electrons. The van der Waals surface area contributed by atoms with Gasteiger partial charge in [0.1, 0.15) is 0 Å². The van der Waals surface area contributed by atoms with Crippen LogP contribution in [0.4, 0.5) is 0 Å². The molecule has 2 saturated heterocycles. The Bertz CT molecular complexity index is 430. The summed E-state index contributed by atoms with van der Waals surface area (Å²) >= 11 is 0. The van der Waals surface area contributed by atoms with Gasteiger partial charge in [0.05, 0.1) is 11.9 Å². The molecule has 0 spiro atoms. The van der Waals surface area contributed by atoms with Crippen LogP contribution in [0.15, 0.2) is 0 Å². The minimum Gasteiger partial charge on any atom is -0.390 e. The van der Waals surface area contributed by atoms with Crippen molar-refractivity contribution in [3.05, 3.63) is 0 Å². The van der Waals surface area contributed by atoms with E-state index in [-0.39, 0.29) is 5.92 Å². The molecule has 0 radical (unpaired) electrons. The number of aliphatic hydroxyl groups is 1. The van der Waals surface area contributed by atoms with Gasteiger partial charge in [0.25, 0.3) is 0 Å². The van der Waals surface area contributed by atoms with E-state index in [9.17, 15) is 13.5 Å². The highest BCUT2D eigenvalue weighted by molar-refractivity contribution is 7.88. The van der Waals surface area contributed by atoms with Gasteiger partial charge in [0.15, 0.2) is 0 Å². The van der Waals surface area contributed by atoms with Gasteiger partial charge >= 0.3 is 0 Å². The largest absolute Gasteiger partial charge is 0.390 e. The summed E-state index contributed by atoms with van der Waals surface area (Å²) in [5.41, 5.74) is -0.708. The van der Waals surface area contributed by atoms with Crippen molar-refractivity contribution >= 4 is 10.0 Å². The second kappa shape index (κ2) is 6.94. The van der Waals surface area contributed by atoms with Gasteiger partial charge in [-0.1, -0.05) is 6.42 Å². The molecule has 0 bridgehead atoms. The minimum absolute atomic E-state index is 0.270. The first-order valence-electron chi connectivity index (χ1n) is 8.17. The SMILES string of the molecule is CC(O)(CC1CCCN(S(C)(=O)=O)C1)CC1CCCCN1. The summed E-state index contributed by atoms with van der Waals surface area (Å²) in [4.78, 5) is 0. The fraction of sp³-hybridized carbons (Fsp3) is 1.00. The van der Waals surface area contributed by atoms with Crippen LogP contribution in [-0.2, 0) is 10.0 Å². The number of sulfonamides is 1. The average molecular weight is 318 g/mol. The molecule has 21 heavy (non-hydrogen) atoms.